The van der Waals surface area contributed by atoms with Gasteiger partial charge in [-0.25, -0.2) is 4.99 Å². The number of methoxy groups -OCH3 is 1. The second kappa shape index (κ2) is 11.3. The topological polar surface area (TPSA) is 55.3 Å². The summed E-state index contributed by atoms with van der Waals surface area (Å²) in [7, 11) is 1.70. The molecule has 29 heavy (non-hydrogen) atoms. The van der Waals surface area contributed by atoms with E-state index in [0.29, 0.717) is 18.8 Å². The van der Waals surface area contributed by atoms with E-state index in [1.165, 1.54) is 12.8 Å². The molecule has 6 nitrogen and oxygen atoms in total. The van der Waals surface area contributed by atoms with Crippen LogP contribution >= 0.6 is 0 Å². The molecule has 3 rings (SSSR count). The molecule has 1 aromatic carbocycles. The zero-order chi connectivity index (χ0) is 20.5. The predicted octanol–water partition coefficient (Wildman–Crippen LogP) is 3.98. The number of nitrogens with zero attached hydrogens (tertiary/aromatic N) is 2. The van der Waals surface area contributed by atoms with E-state index in [4.69, 9.17) is 19.2 Å². The third kappa shape index (κ3) is 6.01. The molecule has 162 valence electrons. The lowest BCUT2D eigenvalue weighted by Crippen LogP contribution is -2.47. The average Bonchev–Trinajstić information content (AvgIpc) is 3.26. The van der Waals surface area contributed by atoms with Crippen molar-refractivity contribution in [3.63, 3.8) is 0 Å². The second-order valence-corrected chi connectivity index (χ2v) is 7.78. The number of para-hydroxylation sites is 1. The first-order chi connectivity index (χ1) is 14.2. The molecule has 0 amide bonds. The summed E-state index contributed by atoms with van der Waals surface area (Å²) in [5, 5.41) is 3.45. The van der Waals surface area contributed by atoms with Crippen molar-refractivity contribution in [2.45, 2.75) is 71.1 Å². The van der Waals surface area contributed by atoms with Crippen LogP contribution in [0.5, 0.6) is 11.5 Å². The lowest BCUT2D eigenvalue weighted by atomic mass is 10.1. The Balaban J connectivity index is 1.71. The highest BCUT2D eigenvalue weighted by molar-refractivity contribution is 5.80. The van der Waals surface area contributed by atoms with Gasteiger partial charge in [-0.2, -0.15) is 0 Å². The Bertz CT molecular complexity index is 651. The summed E-state index contributed by atoms with van der Waals surface area (Å²) in [5.41, 5.74) is 1.08. The summed E-state index contributed by atoms with van der Waals surface area (Å²) >= 11 is 0. The molecule has 0 spiro atoms. The maximum atomic E-state index is 6.36. The van der Waals surface area contributed by atoms with Crippen LogP contribution in [-0.2, 0) is 11.3 Å². The van der Waals surface area contributed by atoms with Gasteiger partial charge in [0.25, 0.3) is 0 Å². The molecule has 0 radical (unpaired) electrons. The maximum Gasteiger partial charge on any atom is 0.194 e. The van der Waals surface area contributed by atoms with Gasteiger partial charge < -0.3 is 24.4 Å². The lowest BCUT2D eigenvalue weighted by molar-refractivity contribution is 0.0263. The van der Waals surface area contributed by atoms with Crippen LogP contribution in [0, 0.1) is 0 Å². The molecule has 1 N–H and O–H groups in total. The Labute approximate surface area is 175 Å². The molecule has 0 aromatic heterocycles. The highest BCUT2D eigenvalue weighted by atomic mass is 16.5. The fraction of sp³-hybridized carbons (Fsp3) is 0.696. The van der Waals surface area contributed by atoms with Crippen molar-refractivity contribution in [3.8, 4) is 11.5 Å². The number of hydrogen-bond acceptors (Lipinski definition) is 4. The molecule has 1 aliphatic carbocycles. The summed E-state index contributed by atoms with van der Waals surface area (Å²) in [6, 6.07) is 6.09. The Morgan fingerprint density at radius 3 is 2.52 bits per heavy atom. The van der Waals surface area contributed by atoms with E-state index in [1.807, 2.05) is 12.1 Å². The van der Waals surface area contributed by atoms with Gasteiger partial charge in [-0.1, -0.05) is 12.1 Å². The molecule has 1 saturated heterocycles. The zero-order valence-electron chi connectivity index (χ0n) is 18.3. The normalized spacial score (nSPS) is 18.9. The summed E-state index contributed by atoms with van der Waals surface area (Å²) < 4.78 is 17.7. The number of hydrogen-bond donors (Lipinski definition) is 1. The minimum absolute atomic E-state index is 0.292. The van der Waals surface area contributed by atoms with Crippen LogP contribution in [0.3, 0.4) is 0 Å². The summed E-state index contributed by atoms with van der Waals surface area (Å²) in [4.78, 5) is 7.29. The Morgan fingerprint density at radius 1 is 1.10 bits per heavy atom. The van der Waals surface area contributed by atoms with Crippen molar-refractivity contribution in [1.29, 1.82) is 0 Å². The molecule has 0 atom stereocenters. The molecular formula is C23H37N3O3. The van der Waals surface area contributed by atoms with Crippen LogP contribution in [-0.4, -0.2) is 56.4 Å². The molecule has 0 unspecified atom stereocenters. The average molecular weight is 404 g/mol. The van der Waals surface area contributed by atoms with E-state index in [-0.39, 0.29) is 0 Å². The highest BCUT2D eigenvalue weighted by Gasteiger charge is 2.23. The van der Waals surface area contributed by atoms with Crippen molar-refractivity contribution < 1.29 is 14.2 Å². The molecule has 0 bridgehead atoms. The number of ether oxygens (including phenoxy) is 3. The molecular weight excluding hydrogens is 366 g/mol. The van der Waals surface area contributed by atoms with Crippen molar-refractivity contribution in [2.75, 3.05) is 33.4 Å². The van der Waals surface area contributed by atoms with Gasteiger partial charge in [-0.05, 0) is 58.4 Å². The van der Waals surface area contributed by atoms with E-state index >= 15 is 0 Å². The quantitative estimate of drug-likeness (QED) is 0.526. The fourth-order valence-corrected chi connectivity index (χ4v) is 4.21. The largest absolute Gasteiger partial charge is 0.493 e. The maximum absolute atomic E-state index is 6.36. The van der Waals surface area contributed by atoms with Crippen molar-refractivity contribution in [2.24, 2.45) is 4.99 Å². The fourth-order valence-electron chi connectivity index (χ4n) is 4.21. The Morgan fingerprint density at radius 2 is 1.86 bits per heavy atom. The SMILES string of the molecule is CCNC(=NCc1cccc(OC)c1OC1CCCC1)N1CCC(OCC)CC1. The number of rotatable bonds is 8. The van der Waals surface area contributed by atoms with E-state index in [1.54, 1.807) is 7.11 Å². The van der Waals surface area contributed by atoms with E-state index in [0.717, 1.165) is 74.9 Å². The zero-order valence-corrected chi connectivity index (χ0v) is 18.3. The number of likely N-dealkylation sites (tertiary alicyclic amines) is 1. The highest BCUT2D eigenvalue weighted by Crippen LogP contribution is 2.35. The van der Waals surface area contributed by atoms with Crippen LogP contribution in [0.4, 0.5) is 0 Å². The number of aliphatic imine (C=N–C) groups is 1. The minimum atomic E-state index is 0.292. The van der Waals surface area contributed by atoms with Gasteiger partial charge in [-0.3, -0.25) is 0 Å². The number of nitrogens with one attached hydrogen (secondary N) is 1. The molecule has 2 fully saturated rings. The van der Waals surface area contributed by atoms with Gasteiger partial charge in [0.05, 0.1) is 25.9 Å². The van der Waals surface area contributed by atoms with Gasteiger partial charge >= 0.3 is 0 Å². The molecule has 6 heteroatoms. The third-order valence-corrected chi connectivity index (χ3v) is 5.75. The molecule has 1 saturated carbocycles. The van der Waals surface area contributed by atoms with Crippen molar-refractivity contribution >= 4 is 5.96 Å². The van der Waals surface area contributed by atoms with Crippen LogP contribution in [0.25, 0.3) is 0 Å². The monoisotopic (exact) mass is 403 g/mol. The van der Waals surface area contributed by atoms with Crippen LogP contribution in [0.15, 0.2) is 23.2 Å². The summed E-state index contributed by atoms with van der Waals surface area (Å²) in [6.45, 7) is 8.35. The van der Waals surface area contributed by atoms with Crippen molar-refractivity contribution in [1.82, 2.24) is 10.2 Å². The van der Waals surface area contributed by atoms with Gasteiger partial charge in [0.2, 0.25) is 0 Å². The number of benzene rings is 1. The van der Waals surface area contributed by atoms with E-state index in [9.17, 15) is 0 Å². The third-order valence-electron chi connectivity index (χ3n) is 5.75. The van der Waals surface area contributed by atoms with Gasteiger partial charge in [-0.15, -0.1) is 0 Å². The van der Waals surface area contributed by atoms with Crippen molar-refractivity contribution in [3.05, 3.63) is 23.8 Å². The molecule has 1 aromatic rings. The summed E-state index contributed by atoms with van der Waals surface area (Å²) in [6.07, 6.45) is 7.51. The van der Waals surface area contributed by atoms with Gasteiger partial charge in [0, 0.05) is 31.8 Å². The predicted molar refractivity (Wildman–Crippen MR) is 117 cm³/mol. The number of piperidine rings is 1. The van der Waals surface area contributed by atoms with Crippen LogP contribution in [0.1, 0.15) is 57.9 Å². The lowest BCUT2D eigenvalue weighted by Gasteiger charge is -2.34. The van der Waals surface area contributed by atoms with E-state index in [2.05, 4.69) is 30.1 Å². The molecule has 1 heterocycles. The summed E-state index contributed by atoms with van der Waals surface area (Å²) in [5.74, 6) is 2.63. The first-order valence-electron chi connectivity index (χ1n) is 11.2. The van der Waals surface area contributed by atoms with Crippen LogP contribution in [0.2, 0.25) is 0 Å². The van der Waals surface area contributed by atoms with Crippen LogP contribution < -0.4 is 14.8 Å². The molecule has 1 aliphatic heterocycles. The van der Waals surface area contributed by atoms with Gasteiger partial charge in [0.15, 0.2) is 17.5 Å². The van der Waals surface area contributed by atoms with E-state index < -0.39 is 0 Å². The smallest absolute Gasteiger partial charge is 0.194 e. The Hall–Kier alpha value is -1.95. The first-order valence-corrected chi connectivity index (χ1v) is 11.2. The molecule has 2 aliphatic rings. The van der Waals surface area contributed by atoms with Gasteiger partial charge in [0.1, 0.15) is 0 Å². The first kappa shape index (κ1) is 21.8. The standard InChI is InChI=1S/C23H37N3O3/c1-4-24-23(26-15-13-19(14-16-26)28-5-2)25-17-18-9-8-12-21(27-3)22(18)29-20-10-6-7-11-20/h8-9,12,19-20H,4-7,10-11,13-17H2,1-3H3,(H,24,25). The Kier molecular flexibility index (Phi) is 8.47. The second-order valence-electron chi connectivity index (χ2n) is 7.78. The number of guanidine groups is 1. The minimum Gasteiger partial charge on any atom is -0.493 e.